The molecular weight excluding hydrogens is 815 g/mol. The first-order valence-corrected chi connectivity index (χ1v) is 17.6. The Bertz CT molecular complexity index is 1240. The number of carboxylic acids is 3. The molecule has 3 saturated heterocycles. The number of aliphatic carboxylic acids is 3. The summed E-state index contributed by atoms with van der Waals surface area (Å²) in [7, 11) is 0. The number of carbonyl (C=O) groups is 3. The normalized spacial score (nSPS) is 37.4. The quantitative estimate of drug-likeness (QED) is 0.0400. The molecule has 3 rings (SSSR count). The maximum Gasteiger partial charge on any atom is 1.00 e. The van der Waals surface area contributed by atoms with Gasteiger partial charge in [-0.1, -0.05) is 0 Å². The van der Waals surface area contributed by atoms with Gasteiger partial charge in [0.1, 0.15) is 72.8 Å². The number of hydrogen-bond donors (Lipinski definition) is 11. The molecule has 27 heteroatoms. The third kappa shape index (κ3) is 13.5. The SMILES string of the molecule is NCCSCCCO[C@]1(C(=O)[O-])C[C@@H](O[C@]2(C(=O)[O-])C[C@@H](O)[C@@H](O)[C@@H]([C@H](O)CO)O2)[C@@H](O)[C@@H](C(O)CO[C@]2(C(=O)[O-])C[C@@H](O)[C@@H](O)[C@@H]([C@H](O)CO)O2)O1.[Na+].[Na+].[Na+]. The Labute approximate surface area is 390 Å². The third-order valence-electron chi connectivity index (χ3n) is 8.89. The van der Waals surface area contributed by atoms with E-state index in [9.17, 15) is 80.8 Å². The van der Waals surface area contributed by atoms with Crippen molar-refractivity contribution in [3.63, 3.8) is 0 Å². The van der Waals surface area contributed by atoms with Crippen molar-refractivity contribution in [3.8, 4) is 0 Å². The summed E-state index contributed by atoms with van der Waals surface area (Å²) in [6, 6.07) is 0. The van der Waals surface area contributed by atoms with Gasteiger partial charge in [-0.05, 0) is 12.2 Å². The summed E-state index contributed by atoms with van der Waals surface area (Å²) in [5, 5.41) is 140. The molecule has 0 spiro atoms. The number of carbonyl (C=O) groups excluding carboxylic acids is 3. The first-order valence-electron chi connectivity index (χ1n) is 16.4. The van der Waals surface area contributed by atoms with Crippen LogP contribution in [0.2, 0.25) is 0 Å². The van der Waals surface area contributed by atoms with Crippen molar-refractivity contribution in [2.24, 2.45) is 5.73 Å². The van der Waals surface area contributed by atoms with Gasteiger partial charge in [-0.25, -0.2) is 0 Å². The number of carboxylic acid groups (broad SMARTS) is 3. The molecule has 0 radical (unpaired) electrons. The second-order valence-corrected chi connectivity index (χ2v) is 13.9. The molecule has 3 aliphatic heterocycles. The van der Waals surface area contributed by atoms with Crippen LogP contribution < -0.4 is 110 Å². The number of thioether (sulfide) groups is 1. The molecule has 0 bridgehead atoms. The van der Waals surface area contributed by atoms with Gasteiger partial charge in [0.15, 0.2) is 0 Å². The van der Waals surface area contributed by atoms with E-state index in [1.165, 1.54) is 11.8 Å². The van der Waals surface area contributed by atoms with Gasteiger partial charge < -0.3 is 115 Å². The summed E-state index contributed by atoms with van der Waals surface area (Å²) in [6.07, 6.45) is -28.1. The van der Waals surface area contributed by atoms with Crippen LogP contribution >= 0.6 is 11.8 Å². The Morgan fingerprint density at radius 2 is 1.11 bits per heavy atom. The first kappa shape index (κ1) is 57.1. The van der Waals surface area contributed by atoms with Crippen LogP contribution in [-0.2, 0) is 42.8 Å². The smallest absolute Gasteiger partial charge is 0.544 e. The van der Waals surface area contributed by atoms with Gasteiger partial charge in [-0.15, -0.1) is 0 Å². The van der Waals surface area contributed by atoms with Crippen molar-refractivity contribution >= 4 is 29.7 Å². The fourth-order valence-corrected chi connectivity index (χ4v) is 6.74. The number of ether oxygens (including phenoxy) is 6. The van der Waals surface area contributed by atoms with Crippen LogP contribution in [0.3, 0.4) is 0 Å². The second-order valence-electron chi connectivity index (χ2n) is 12.7. The summed E-state index contributed by atoms with van der Waals surface area (Å²) in [5.74, 6) is -14.9. The number of aliphatic hydroxyl groups is 10. The van der Waals surface area contributed by atoms with E-state index < -0.39 is 148 Å². The van der Waals surface area contributed by atoms with Crippen molar-refractivity contribution in [1.82, 2.24) is 0 Å². The van der Waals surface area contributed by atoms with Gasteiger partial charge in [0.2, 0.25) is 17.4 Å². The predicted molar refractivity (Wildman–Crippen MR) is 162 cm³/mol. The molecule has 308 valence electrons. The zero-order valence-electron chi connectivity index (χ0n) is 31.1. The van der Waals surface area contributed by atoms with Crippen LogP contribution in [0.1, 0.15) is 25.7 Å². The molecular formula is C29H46NNa3O22S. The van der Waals surface area contributed by atoms with Crippen LogP contribution in [0.25, 0.3) is 0 Å². The molecule has 3 heterocycles. The Kier molecular flexibility index (Phi) is 25.7. The fourth-order valence-electron chi connectivity index (χ4n) is 6.04. The van der Waals surface area contributed by atoms with Crippen LogP contribution in [0, 0.1) is 0 Å². The van der Waals surface area contributed by atoms with Crippen molar-refractivity contribution in [2.75, 3.05) is 44.5 Å². The summed E-state index contributed by atoms with van der Waals surface area (Å²) in [6.45, 7) is -3.52. The minimum absolute atomic E-state index is 0. The molecule has 0 aromatic carbocycles. The minimum atomic E-state index is -3.18. The van der Waals surface area contributed by atoms with E-state index in [-0.39, 0.29) is 102 Å². The molecule has 12 N–H and O–H groups in total. The van der Waals surface area contributed by atoms with Crippen molar-refractivity contribution in [1.29, 1.82) is 0 Å². The molecule has 0 aromatic heterocycles. The van der Waals surface area contributed by atoms with Gasteiger partial charge in [-0.2, -0.15) is 11.8 Å². The number of rotatable bonds is 20. The minimum Gasteiger partial charge on any atom is -0.544 e. The van der Waals surface area contributed by atoms with E-state index in [1.807, 2.05) is 0 Å². The van der Waals surface area contributed by atoms with Gasteiger partial charge in [0, 0.05) is 31.6 Å². The Balaban J connectivity index is 0.0000101. The molecule has 0 saturated carbocycles. The third-order valence-corrected chi connectivity index (χ3v) is 9.99. The fraction of sp³-hybridized carbons (Fsp3) is 0.897. The monoisotopic (exact) mass is 861 g/mol. The Morgan fingerprint density at radius 1 is 0.679 bits per heavy atom. The molecule has 15 atom stereocenters. The molecule has 1 unspecified atom stereocenters. The first-order chi connectivity index (χ1) is 24.8. The summed E-state index contributed by atoms with van der Waals surface area (Å²) in [5.41, 5.74) is 5.46. The second kappa shape index (κ2) is 25.3. The van der Waals surface area contributed by atoms with Crippen LogP contribution in [-0.4, -0.2) is 204 Å². The maximum atomic E-state index is 12.7. The van der Waals surface area contributed by atoms with E-state index in [0.717, 1.165) is 0 Å². The molecule has 0 aliphatic carbocycles. The molecule has 0 amide bonds. The zero-order valence-corrected chi connectivity index (χ0v) is 37.9. The Morgan fingerprint density at radius 3 is 1.55 bits per heavy atom. The van der Waals surface area contributed by atoms with Gasteiger partial charge in [-0.3, -0.25) is 0 Å². The average Bonchev–Trinajstić information content (AvgIpc) is 3.11. The average molecular weight is 862 g/mol. The maximum absolute atomic E-state index is 12.7. The zero-order chi connectivity index (χ0) is 39.9. The molecule has 3 aliphatic rings. The van der Waals surface area contributed by atoms with Crippen molar-refractivity contribution in [2.45, 2.75) is 116 Å². The predicted octanol–water partition coefficient (Wildman–Crippen LogP) is -19.9. The molecule has 56 heavy (non-hydrogen) atoms. The van der Waals surface area contributed by atoms with E-state index in [2.05, 4.69) is 0 Å². The number of aliphatic hydroxyl groups excluding tert-OH is 10. The number of hydrogen-bond acceptors (Lipinski definition) is 24. The topological polar surface area (TPSA) is 404 Å². The molecule has 23 nitrogen and oxygen atoms in total. The largest absolute Gasteiger partial charge is 1.00 e. The standard InChI is InChI=1S/C29H49NO22S.3Na/c30-2-5-53-4-1-3-47-28(25(43)44)8-17(49-29(26(45)46)7-13(34)19(39)22(52-29)15(36)10-32)20(40)23(51-28)16(37)11-48-27(24(41)42)6-12(33)18(38)21(50-27)14(35)9-31;;;/h12-23,31-40H,1-11,30H2,(H,41,42)(H,43,44)(H,45,46);;;/q;3*+1/p-3/t12-,13-,14-,15-,16?,17-,18-,19-,20-,21-,22-,23-,27-,28-,29-;;;/m1.../s1. The molecule has 3 fully saturated rings. The summed E-state index contributed by atoms with van der Waals surface area (Å²) < 4.78 is 32.3. The van der Waals surface area contributed by atoms with Gasteiger partial charge in [0.25, 0.3) is 0 Å². The summed E-state index contributed by atoms with van der Waals surface area (Å²) >= 11 is 1.38. The van der Waals surface area contributed by atoms with Gasteiger partial charge >= 0.3 is 88.7 Å². The number of nitrogens with two attached hydrogens (primary N) is 1. The van der Waals surface area contributed by atoms with Crippen LogP contribution in [0.5, 0.6) is 0 Å². The van der Waals surface area contributed by atoms with Crippen molar-refractivity contribution in [3.05, 3.63) is 0 Å². The summed E-state index contributed by atoms with van der Waals surface area (Å²) in [4.78, 5) is 37.4. The Hall–Kier alpha value is 1.08. The van der Waals surface area contributed by atoms with Crippen LogP contribution in [0.15, 0.2) is 0 Å². The van der Waals surface area contributed by atoms with E-state index in [1.54, 1.807) is 0 Å². The van der Waals surface area contributed by atoms with Gasteiger partial charge in [0.05, 0.1) is 44.7 Å². The van der Waals surface area contributed by atoms with E-state index in [4.69, 9.17) is 34.2 Å². The van der Waals surface area contributed by atoms with Crippen molar-refractivity contribution < 1.29 is 198 Å². The van der Waals surface area contributed by atoms with Crippen LogP contribution in [0.4, 0.5) is 0 Å². The van der Waals surface area contributed by atoms with E-state index >= 15 is 0 Å². The van der Waals surface area contributed by atoms with E-state index in [0.29, 0.717) is 18.1 Å². The molecule has 0 aromatic rings.